The summed E-state index contributed by atoms with van der Waals surface area (Å²) in [5, 5.41) is 0.711. The lowest BCUT2D eigenvalue weighted by molar-refractivity contribution is 0.101. The third kappa shape index (κ3) is 6.79. The first-order valence-electron chi connectivity index (χ1n) is 7.72. The fraction of sp³-hybridized carbons (Fsp3) is 0.300. The lowest BCUT2D eigenvalue weighted by atomic mass is 10.1. The van der Waals surface area contributed by atoms with Gasteiger partial charge in [0.2, 0.25) is 0 Å². The molecule has 23 heavy (non-hydrogen) atoms. The number of hydrogen-bond donors (Lipinski definition) is 0. The van der Waals surface area contributed by atoms with Crippen LogP contribution in [0.2, 0.25) is 0 Å². The lowest BCUT2D eigenvalue weighted by Gasteiger charge is -2.04. The van der Waals surface area contributed by atoms with Gasteiger partial charge >= 0.3 is 0 Å². The molecule has 0 N–H and O–H groups in total. The van der Waals surface area contributed by atoms with Crippen LogP contribution in [0.15, 0.2) is 58.6 Å². The summed E-state index contributed by atoms with van der Waals surface area (Å²) in [6.07, 6.45) is 7.69. The van der Waals surface area contributed by atoms with Crippen molar-refractivity contribution < 1.29 is 4.79 Å². The largest absolute Gasteiger partial charge is 0.295 e. The zero-order valence-corrected chi connectivity index (χ0v) is 15.2. The zero-order chi connectivity index (χ0) is 17.4. The zero-order valence-electron chi connectivity index (χ0n) is 14.4. The molecular formula is C20H24ClNO. The van der Waals surface area contributed by atoms with Crippen LogP contribution in [0.1, 0.15) is 50.5 Å². The molecule has 0 saturated carbocycles. The Hall–Kier alpha value is -1.93. The highest BCUT2D eigenvalue weighted by molar-refractivity contribution is 6.31. The van der Waals surface area contributed by atoms with E-state index in [1.807, 2.05) is 62.4 Å². The average Bonchev–Trinajstić information content (AvgIpc) is 2.50. The second-order valence-electron chi connectivity index (χ2n) is 5.69. The quantitative estimate of drug-likeness (QED) is 0.355. The number of aliphatic imine (C=N–C) groups is 1. The topological polar surface area (TPSA) is 29.4 Å². The number of nitrogens with zero attached hydrogens (tertiary/aromatic N) is 1. The number of benzene rings is 1. The number of carbonyl (C=O) groups is 1. The number of Topliss-reactive ketones (excluding diaryl/α,β-unsaturated/α-hetero) is 1. The van der Waals surface area contributed by atoms with Gasteiger partial charge in [-0.05, 0) is 44.4 Å². The van der Waals surface area contributed by atoms with Gasteiger partial charge in [-0.2, -0.15) is 0 Å². The summed E-state index contributed by atoms with van der Waals surface area (Å²) in [4.78, 5) is 15.9. The van der Waals surface area contributed by atoms with Crippen LogP contribution in [-0.2, 0) is 0 Å². The number of allylic oxidation sites excluding steroid dienone is 5. The van der Waals surface area contributed by atoms with E-state index in [1.165, 1.54) is 0 Å². The Morgan fingerprint density at radius 2 is 1.65 bits per heavy atom. The predicted molar refractivity (Wildman–Crippen MR) is 101 cm³/mol. The van der Waals surface area contributed by atoms with Crippen LogP contribution in [0, 0.1) is 5.92 Å². The Kier molecular flexibility index (Phi) is 7.70. The summed E-state index contributed by atoms with van der Waals surface area (Å²) in [5.41, 5.74) is 3.42. The molecule has 0 aliphatic carbocycles. The standard InChI is InChI=1S/C20H24ClNO/c1-6-20(18-10-8-17(9-11-18)16(5)23)22-15(4)7-12-19(21)13-14(2)3/h6-14H,1-5H3/b12-7-,19-13+,20-6-,22-15-. The highest BCUT2D eigenvalue weighted by Gasteiger charge is 2.02. The molecular weight excluding hydrogens is 306 g/mol. The van der Waals surface area contributed by atoms with E-state index in [-0.39, 0.29) is 5.78 Å². The molecule has 2 nitrogen and oxygen atoms in total. The van der Waals surface area contributed by atoms with Crippen molar-refractivity contribution >= 4 is 28.8 Å². The van der Waals surface area contributed by atoms with E-state index in [2.05, 4.69) is 18.8 Å². The summed E-state index contributed by atoms with van der Waals surface area (Å²) in [7, 11) is 0. The predicted octanol–water partition coefficient (Wildman–Crippen LogP) is 6.05. The van der Waals surface area contributed by atoms with Gasteiger partial charge in [-0.25, -0.2) is 0 Å². The number of halogens is 1. The maximum Gasteiger partial charge on any atom is 0.159 e. The van der Waals surface area contributed by atoms with Gasteiger partial charge in [-0.15, -0.1) is 0 Å². The molecule has 0 aromatic heterocycles. The van der Waals surface area contributed by atoms with E-state index < -0.39 is 0 Å². The Morgan fingerprint density at radius 3 is 2.13 bits per heavy atom. The second kappa shape index (κ2) is 9.26. The Balaban J connectivity index is 2.94. The van der Waals surface area contributed by atoms with Crippen molar-refractivity contribution in [2.24, 2.45) is 10.9 Å². The Morgan fingerprint density at radius 1 is 1.09 bits per heavy atom. The van der Waals surface area contributed by atoms with Crippen LogP contribution in [0.3, 0.4) is 0 Å². The summed E-state index contributed by atoms with van der Waals surface area (Å²) in [6, 6.07) is 7.48. The van der Waals surface area contributed by atoms with E-state index >= 15 is 0 Å². The Bertz CT molecular complexity index is 661. The minimum Gasteiger partial charge on any atom is -0.295 e. The van der Waals surface area contributed by atoms with Gasteiger partial charge in [0.05, 0.1) is 5.70 Å². The van der Waals surface area contributed by atoms with Crippen LogP contribution < -0.4 is 0 Å². The fourth-order valence-corrected chi connectivity index (χ4v) is 2.29. The molecule has 0 heterocycles. The normalized spacial score (nSPS) is 14.0. The summed E-state index contributed by atoms with van der Waals surface area (Å²) in [5.74, 6) is 0.475. The molecule has 0 unspecified atom stereocenters. The molecule has 122 valence electrons. The van der Waals surface area contributed by atoms with Gasteiger partial charge in [0.15, 0.2) is 5.78 Å². The third-order valence-electron chi connectivity index (χ3n) is 3.13. The van der Waals surface area contributed by atoms with E-state index in [0.29, 0.717) is 16.5 Å². The van der Waals surface area contributed by atoms with E-state index in [1.54, 1.807) is 6.92 Å². The third-order valence-corrected chi connectivity index (χ3v) is 3.39. The first-order valence-corrected chi connectivity index (χ1v) is 8.09. The van der Waals surface area contributed by atoms with E-state index in [0.717, 1.165) is 17.0 Å². The van der Waals surface area contributed by atoms with Crippen molar-refractivity contribution in [1.29, 1.82) is 0 Å². The van der Waals surface area contributed by atoms with Gasteiger partial charge < -0.3 is 0 Å². The molecule has 1 rings (SSSR count). The van der Waals surface area contributed by atoms with Gasteiger partial charge in [0, 0.05) is 16.3 Å². The molecule has 0 bridgehead atoms. The molecule has 1 aromatic rings. The smallest absolute Gasteiger partial charge is 0.159 e. The average molecular weight is 330 g/mol. The van der Waals surface area contributed by atoms with Gasteiger partial charge in [0.25, 0.3) is 0 Å². The number of carbonyl (C=O) groups excluding carboxylic acids is 1. The highest BCUT2D eigenvalue weighted by Crippen LogP contribution is 2.18. The van der Waals surface area contributed by atoms with E-state index in [9.17, 15) is 4.79 Å². The minimum absolute atomic E-state index is 0.0628. The summed E-state index contributed by atoms with van der Waals surface area (Å²) in [6.45, 7) is 9.61. The molecule has 0 aliphatic rings. The monoisotopic (exact) mass is 329 g/mol. The second-order valence-corrected chi connectivity index (χ2v) is 6.13. The van der Waals surface area contributed by atoms with Crippen molar-refractivity contribution in [3.05, 3.63) is 64.7 Å². The minimum atomic E-state index is 0.0628. The first-order chi connectivity index (χ1) is 10.8. The van der Waals surface area contributed by atoms with Crippen molar-refractivity contribution in [2.45, 2.75) is 34.6 Å². The molecule has 0 amide bonds. The number of rotatable bonds is 6. The SMILES string of the molecule is C\C=C(/N=C(C)\C=C/C(Cl)=C\C(C)C)c1ccc(C(C)=O)cc1. The molecule has 1 aromatic carbocycles. The molecule has 0 atom stereocenters. The lowest BCUT2D eigenvalue weighted by Crippen LogP contribution is -1.93. The summed E-state index contributed by atoms with van der Waals surface area (Å²) < 4.78 is 0. The molecule has 0 fully saturated rings. The highest BCUT2D eigenvalue weighted by atomic mass is 35.5. The molecule has 0 spiro atoms. The van der Waals surface area contributed by atoms with Gasteiger partial charge in [0.1, 0.15) is 0 Å². The van der Waals surface area contributed by atoms with Gasteiger partial charge in [-0.1, -0.05) is 61.9 Å². The molecule has 0 saturated heterocycles. The van der Waals surface area contributed by atoms with Crippen LogP contribution in [0.4, 0.5) is 0 Å². The molecule has 0 aliphatic heterocycles. The van der Waals surface area contributed by atoms with Gasteiger partial charge in [-0.3, -0.25) is 9.79 Å². The van der Waals surface area contributed by atoms with Crippen LogP contribution in [-0.4, -0.2) is 11.5 Å². The first kappa shape index (κ1) is 19.1. The molecule has 0 radical (unpaired) electrons. The number of hydrogen-bond acceptors (Lipinski definition) is 2. The van der Waals surface area contributed by atoms with Crippen molar-refractivity contribution in [3.8, 4) is 0 Å². The maximum atomic E-state index is 11.3. The van der Waals surface area contributed by atoms with Crippen molar-refractivity contribution in [2.75, 3.05) is 0 Å². The Labute approximate surface area is 144 Å². The molecule has 3 heteroatoms. The fourth-order valence-electron chi connectivity index (χ4n) is 1.97. The van der Waals surface area contributed by atoms with Crippen molar-refractivity contribution in [1.82, 2.24) is 0 Å². The van der Waals surface area contributed by atoms with Crippen molar-refractivity contribution in [3.63, 3.8) is 0 Å². The van der Waals surface area contributed by atoms with E-state index in [4.69, 9.17) is 11.6 Å². The summed E-state index contributed by atoms with van der Waals surface area (Å²) >= 11 is 6.13. The van der Waals surface area contributed by atoms with Crippen LogP contribution >= 0.6 is 11.6 Å². The maximum absolute atomic E-state index is 11.3. The van der Waals surface area contributed by atoms with Crippen LogP contribution in [0.5, 0.6) is 0 Å². The van der Waals surface area contributed by atoms with Crippen LogP contribution in [0.25, 0.3) is 5.70 Å². The number of ketones is 1.